The largest absolute Gasteiger partial charge is 0.355 e. The molecular weight excluding hydrogens is 294 g/mol. The summed E-state index contributed by atoms with van der Waals surface area (Å²) >= 11 is 3.29. The first-order chi connectivity index (χ1) is 7.20. The maximum absolute atomic E-state index is 11.4. The van der Waals surface area contributed by atoms with E-state index in [0.29, 0.717) is 6.42 Å². The molecule has 0 aliphatic heterocycles. The van der Waals surface area contributed by atoms with Gasteiger partial charge in [-0.25, -0.2) is 8.42 Å². The van der Waals surface area contributed by atoms with Gasteiger partial charge < -0.3 is 5.32 Å². The molecule has 0 radical (unpaired) electrons. The fourth-order valence-electron chi connectivity index (χ4n) is 0.911. The Hall–Kier alpha value is -0.100. The minimum Gasteiger partial charge on any atom is -0.355 e. The number of carbonyl (C=O) groups is 1. The van der Waals surface area contributed by atoms with Gasteiger partial charge in [0.15, 0.2) is 9.84 Å². The van der Waals surface area contributed by atoms with Crippen molar-refractivity contribution in [3.63, 3.8) is 0 Å². The van der Waals surface area contributed by atoms with E-state index in [1.165, 1.54) is 6.26 Å². The van der Waals surface area contributed by atoms with Crippen LogP contribution in [-0.2, 0) is 14.6 Å². The van der Waals surface area contributed by atoms with Crippen molar-refractivity contribution >= 4 is 31.7 Å². The fourth-order valence-corrected chi connectivity index (χ4v) is 1.64. The van der Waals surface area contributed by atoms with E-state index in [2.05, 4.69) is 21.2 Å². The number of sulfone groups is 1. The van der Waals surface area contributed by atoms with E-state index in [-0.39, 0.29) is 12.5 Å². The van der Waals surface area contributed by atoms with Crippen LogP contribution in [-0.4, -0.2) is 37.2 Å². The zero-order chi connectivity index (χ0) is 12.8. The fraction of sp³-hybridized carbons (Fsp3) is 0.900. The van der Waals surface area contributed by atoms with E-state index >= 15 is 0 Å². The van der Waals surface area contributed by atoms with Gasteiger partial charge in [0.25, 0.3) is 0 Å². The highest BCUT2D eigenvalue weighted by atomic mass is 79.9. The minimum absolute atomic E-state index is 0.0855. The van der Waals surface area contributed by atoms with Gasteiger partial charge in [-0.2, -0.15) is 0 Å². The van der Waals surface area contributed by atoms with Gasteiger partial charge >= 0.3 is 0 Å². The molecule has 0 saturated heterocycles. The third-order valence-corrected chi connectivity index (χ3v) is 5.22. The van der Waals surface area contributed by atoms with Crippen LogP contribution in [0.15, 0.2) is 0 Å². The van der Waals surface area contributed by atoms with Crippen molar-refractivity contribution in [2.45, 2.75) is 37.9 Å². The lowest BCUT2D eigenvalue weighted by Crippen LogP contribution is -2.43. The molecule has 4 nitrogen and oxygen atoms in total. The number of hydrogen-bond acceptors (Lipinski definition) is 3. The maximum Gasteiger partial charge on any atom is 0.220 e. The Morgan fingerprint density at radius 2 is 1.88 bits per heavy atom. The number of nitrogens with one attached hydrogen (secondary N) is 1. The van der Waals surface area contributed by atoms with Crippen LogP contribution in [0.3, 0.4) is 0 Å². The highest BCUT2D eigenvalue weighted by molar-refractivity contribution is 9.09. The molecule has 0 unspecified atom stereocenters. The molecule has 0 aliphatic carbocycles. The summed E-state index contributed by atoms with van der Waals surface area (Å²) in [6.07, 6.45) is 3.40. The molecule has 0 aliphatic rings. The molecule has 0 spiro atoms. The van der Waals surface area contributed by atoms with Crippen LogP contribution in [0.25, 0.3) is 0 Å². The zero-order valence-electron chi connectivity index (χ0n) is 10.0. The second kappa shape index (κ2) is 6.59. The molecule has 1 N–H and O–H groups in total. The molecular formula is C10H20BrNO3S. The lowest BCUT2D eigenvalue weighted by atomic mass is 10.2. The lowest BCUT2D eigenvalue weighted by Gasteiger charge is -2.22. The van der Waals surface area contributed by atoms with Crippen LogP contribution >= 0.6 is 15.9 Å². The van der Waals surface area contributed by atoms with E-state index in [4.69, 9.17) is 0 Å². The highest BCUT2D eigenvalue weighted by Gasteiger charge is 2.30. The van der Waals surface area contributed by atoms with E-state index in [1.54, 1.807) is 13.8 Å². The average molecular weight is 314 g/mol. The number of halogens is 1. The molecule has 0 bridgehead atoms. The topological polar surface area (TPSA) is 63.2 Å². The summed E-state index contributed by atoms with van der Waals surface area (Å²) in [5.74, 6) is -0.0855. The van der Waals surface area contributed by atoms with Crippen molar-refractivity contribution in [3.8, 4) is 0 Å². The Bertz CT molecular complexity index is 325. The summed E-state index contributed by atoms with van der Waals surface area (Å²) in [4.78, 5) is 11.4. The van der Waals surface area contributed by atoms with Crippen LogP contribution in [0.2, 0.25) is 0 Å². The van der Waals surface area contributed by atoms with E-state index in [1.807, 2.05) is 0 Å². The van der Waals surface area contributed by atoms with Crippen molar-refractivity contribution in [1.82, 2.24) is 5.32 Å². The zero-order valence-corrected chi connectivity index (χ0v) is 12.4. The van der Waals surface area contributed by atoms with Crippen LogP contribution in [0.5, 0.6) is 0 Å². The normalized spacial score (nSPS) is 12.5. The molecule has 1 amide bonds. The van der Waals surface area contributed by atoms with Crippen molar-refractivity contribution in [3.05, 3.63) is 0 Å². The van der Waals surface area contributed by atoms with Crippen LogP contribution < -0.4 is 5.32 Å². The van der Waals surface area contributed by atoms with Crippen LogP contribution in [0.1, 0.15) is 33.1 Å². The van der Waals surface area contributed by atoms with Gasteiger partial charge in [-0.05, 0) is 26.7 Å². The minimum atomic E-state index is -3.15. The van der Waals surface area contributed by atoms with Crippen molar-refractivity contribution < 1.29 is 13.2 Å². The molecule has 0 aromatic heterocycles. The smallest absolute Gasteiger partial charge is 0.220 e. The van der Waals surface area contributed by atoms with Crippen molar-refractivity contribution in [2.24, 2.45) is 0 Å². The third kappa shape index (κ3) is 5.84. The monoisotopic (exact) mass is 313 g/mol. The molecule has 0 heterocycles. The molecule has 0 aromatic carbocycles. The van der Waals surface area contributed by atoms with Crippen LogP contribution in [0, 0.1) is 0 Å². The first-order valence-electron chi connectivity index (χ1n) is 5.23. The summed E-state index contributed by atoms with van der Waals surface area (Å²) in [6, 6.07) is 0. The Balaban J connectivity index is 4.01. The molecule has 0 rings (SSSR count). The van der Waals surface area contributed by atoms with E-state index in [9.17, 15) is 13.2 Å². The molecule has 0 aromatic rings. The molecule has 0 fully saturated rings. The number of carbonyl (C=O) groups excluding carboxylic acids is 1. The number of amides is 1. The van der Waals surface area contributed by atoms with Crippen LogP contribution in [0.4, 0.5) is 0 Å². The average Bonchev–Trinajstić information content (AvgIpc) is 2.13. The van der Waals surface area contributed by atoms with Gasteiger partial charge in [0.2, 0.25) is 5.91 Å². The summed E-state index contributed by atoms with van der Waals surface area (Å²) in [6.45, 7) is 3.39. The molecule has 6 heteroatoms. The van der Waals surface area contributed by atoms with Gasteiger partial charge in [-0.1, -0.05) is 15.9 Å². The first kappa shape index (κ1) is 15.9. The number of alkyl halides is 1. The summed E-state index contributed by atoms with van der Waals surface area (Å²) < 4.78 is 21.8. The summed E-state index contributed by atoms with van der Waals surface area (Å²) in [7, 11) is -3.15. The molecule has 96 valence electrons. The van der Waals surface area contributed by atoms with Gasteiger partial charge in [0.05, 0.1) is 4.75 Å². The number of rotatable bonds is 7. The molecule has 0 saturated carbocycles. The predicted molar refractivity (Wildman–Crippen MR) is 69.6 cm³/mol. The van der Waals surface area contributed by atoms with Gasteiger partial charge in [0.1, 0.15) is 0 Å². The Morgan fingerprint density at radius 1 is 1.31 bits per heavy atom. The van der Waals surface area contributed by atoms with E-state index in [0.717, 1.165) is 18.2 Å². The van der Waals surface area contributed by atoms with E-state index < -0.39 is 14.6 Å². The number of unbranched alkanes of at least 4 members (excludes halogenated alkanes) is 1. The Kier molecular flexibility index (Phi) is 6.55. The molecule has 16 heavy (non-hydrogen) atoms. The van der Waals surface area contributed by atoms with Crippen molar-refractivity contribution in [1.29, 1.82) is 0 Å². The number of hydrogen-bond donors (Lipinski definition) is 1. The maximum atomic E-state index is 11.4. The standard InChI is InChI=1S/C10H20BrNO3S/c1-10(2,16(3,14)15)8-12-9(13)6-4-5-7-11/h4-8H2,1-3H3,(H,12,13). The SMILES string of the molecule is CC(C)(CNC(=O)CCCCBr)S(C)(=O)=O. The first-order valence-corrected chi connectivity index (χ1v) is 8.24. The van der Waals surface area contributed by atoms with Gasteiger partial charge in [-0.15, -0.1) is 0 Å². The van der Waals surface area contributed by atoms with Gasteiger partial charge in [-0.3, -0.25) is 4.79 Å². The predicted octanol–water partition coefficient (Wildman–Crippen LogP) is 1.49. The Morgan fingerprint density at radius 3 is 2.31 bits per heavy atom. The Labute approximate surface area is 106 Å². The van der Waals surface area contributed by atoms with Crippen molar-refractivity contribution in [2.75, 3.05) is 18.1 Å². The van der Waals surface area contributed by atoms with Gasteiger partial charge in [0, 0.05) is 24.6 Å². The lowest BCUT2D eigenvalue weighted by molar-refractivity contribution is -0.121. The quantitative estimate of drug-likeness (QED) is 0.572. The highest BCUT2D eigenvalue weighted by Crippen LogP contribution is 2.13. The summed E-state index contributed by atoms with van der Waals surface area (Å²) in [5, 5.41) is 3.54. The molecule has 0 atom stereocenters. The second-order valence-corrected chi connectivity index (χ2v) is 7.90. The second-order valence-electron chi connectivity index (χ2n) is 4.45. The third-order valence-electron chi connectivity index (χ3n) is 2.50. The summed E-state index contributed by atoms with van der Waals surface area (Å²) in [5.41, 5.74) is 0.